The number of benzene rings is 1. The van der Waals surface area contributed by atoms with E-state index < -0.39 is 0 Å². The molecule has 0 spiro atoms. The highest BCUT2D eigenvalue weighted by Crippen LogP contribution is 2.26. The Balaban J connectivity index is 2.13. The van der Waals surface area contributed by atoms with Gasteiger partial charge in [0.1, 0.15) is 5.84 Å². The van der Waals surface area contributed by atoms with Crippen LogP contribution in [-0.4, -0.2) is 24.0 Å². The molecule has 0 aliphatic carbocycles. The number of anilines is 1. The Kier molecular flexibility index (Phi) is 8.41. The Morgan fingerprint density at radius 3 is 2.62 bits per heavy atom. The van der Waals surface area contributed by atoms with Crippen LogP contribution in [0, 0.1) is 5.92 Å². The van der Waals surface area contributed by atoms with E-state index in [0.29, 0.717) is 23.3 Å². The molecule has 1 heterocycles. The first-order valence-corrected chi connectivity index (χ1v) is 9.89. The molecule has 6 heteroatoms. The molecular formula is C20H30N4OS. The Morgan fingerprint density at radius 2 is 1.92 bits per heavy atom. The van der Waals surface area contributed by atoms with Gasteiger partial charge in [-0.2, -0.15) is 10.1 Å². The first-order chi connectivity index (χ1) is 12.7. The van der Waals surface area contributed by atoms with Gasteiger partial charge in [0.25, 0.3) is 0 Å². The quantitative estimate of drug-likeness (QED) is 0.476. The van der Waals surface area contributed by atoms with Crippen LogP contribution >= 0.6 is 12.2 Å². The smallest absolute Gasteiger partial charge is 0.212 e. The van der Waals surface area contributed by atoms with Gasteiger partial charge in [0, 0.05) is 6.54 Å². The highest BCUT2D eigenvalue weighted by molar-refractivity contribution is 7.80. The highest BCUT2D eigenvalue weighted by atomic mass is 32.1. The van der Waals surface area contributed by atoms with E-state index in [1.165, 1.54) is 12.8 Å². The van der Waals surface area contributed by atoms with Crippen LogP contribution in [-0.2, 0) is 4.74 Å². The van der Waals surface area contributed by atoms with Crippen LogP contribution in [0.25, 0.3) is 0 Å². The molecule has 0 aromatic heterocycles. The van der Waals surface area contributed by atoms with Crippen molar-refractivity contribution in [1.82, 2.24) is 5.32 Å². The molecule has 0 amide bonds. The lowest BCUT2D eigenvalue weighted by atomic mass is 10.1. The van der Waals surface area contributed by atoms with Gasteiger partial charge in [-0.25, -0.2) is 0 Å². The number of amidine groups is 1. The molecule has 3 N–H and O–H groups in total. The molecule has 1 aromatic carbocycles. The normalized spacial score (nSPS) is 16.7. The molecule has 0 saturated carbocycles. The molecule has 2 rings (SSSR count). The SMILES string of the molecule is CCCCCNC(=S)C1C=C(OCCCC)N(c2ccccc2)N=C1N. The molecule has 0 saturated heterocycles. The standard InChI is InChI=1S/C20H30N4OS/c1-3-5-10-13-22-20(26)17-15-18(25-14-6-4-2)24(23-19(17)21)16-11-8-7-9-12-16/h7-9,11-12,15,17H,3-6,10,13-14H2,1-2H3,(H2,21,23)(H,22,26). The summed E-state index contributed by atoms with van der Waals surface area (Å²) in [5.74, 6) is 0.925. The molecule has 26 heavy (non-hydrogen) atoms. The molecule has 142 valence electrons. The van der Waals surface area contributed by atoms with Crippen LogP contribution in [0.1, 0.15) is 46.0 Å². The van der Waals surface area contributed by atoms with E-state index in [9.17, 15) is 0 Å². The number of para-hydroxylation sites is 1. The van der Waals surface area contributed by atoms with E-state index in [-0.39, 0.29) is 5.92 Å². The molecule has 1 aliphatic heterocycles. The summed E-state index contributed by atoms with van der Waals surface area (Å²) < 4.78 is 6.00. The first kappa shape index (κ1) is 20.2. The third-order valence-electron chi connectivity index (χ3n) is 4.16. The number of hydrogen-bond acceptors (Lipinski definition) is 5. The van der Waals surface area contributed by atoms with Crippen LogP contribution in [0.4, 0.5) is 5.69 Å². The van der Waals surface area contributed by atoms with Gasteiger partial charge in [0.05, 0.1) is 23.2 Å². The van der Waals surface area contributed by atoms with Gasteiger partial charge in [0.2, 0.25) is 5.88 Å². The molecule has 0 fully saturated rings. The second-order valence-corrected chi connectivity index (χ2v) is 6.79. The maximum Gasteiger partial charge on any atom is 0.212 e. The molecule has 1 aromatic rings. The van der Waals surface area contributed by atoms with E-state index in [4.69, 9.17) is 22.7 Å². The third-order valence-corrected chi connectivity index (χ3v) is 4.56. The zero-order chi connectivity index (χ0) is 18.8. The van der Waals surface area contributed by atoms with Crippen molar-refractivity contribution in [2.45, 2.75) is 46.0 Å². The zero-order valence-corrected chi connectivity index (χ0v) is 16.6. The fraction of sp³-hybridized carbons (Fsp3) is 0.500. The fourth-order valence-corrected chi connectivity index (χ4v) is 2.91. The third kappa shape index (κ3) is 5.73. The minimum Gasteiger partial charge on any atom is -0.478 e. The van der Waals surface area contributed by atoms with E-state index in [0.717, 1.165) is 31.5 Å². The van der Waals surface area contributed by atoms with Gasteiger partial charge in [0.15, 0.2) is 0 Å². The number of hydrazone groups is 1. The second-order valence-electron chi connectivity index (χ2n) is 6.35. The first-order valence-electron chi connectivity index (χ1n) is 9.48. The summed E-state index contributed by atoms with van der Waals surface area (Å²) in [5, 5.41) is 9.63. The van der Waals surface area contributed by atoms with Gasteiger partial charge < -0.3 is 15.8 Å². The van der Waals surface area contributed by atoms with Crippen molar-refractivity contribution in [2.75, 3.05) is 18.2 Å². The molecule has 1 atom stereocenters. The Hall–Kier alpha value is -2.08. The second kappa shape index (κ2) is 10.8. The molecule has 1 aliphatic rings. The average molecular weight is 375 g/mol. The molecule has 0 bridgehead atoms. The largest absolute Gasteiger partial charge is 0.478 e. The summed E-state index contributed by atoms with van der Waals surface area (Å²) in [6, 6.07) is 9.87. The number of hydrogen-bond donors (Lipinski definition) is 2. The van der Waals surface area contributed by atoms with Gasteiger partial charge >= 0.3 is 0 Å². The maximum absolute atomic E-state index is 6.24. The number of nitrogens with zero attached hydrogens (tertiary/aromatic N) is 2. The number of nitrogens with one attached hydrogen (secondary N) is 1. The number of thiocarbonyl (C=S) groups is 1. The Bertz CT molecular complexity index is 630. The molecule has 0 radical (unpaired) electrons. The monoisotopic (exact) mass is 374 g/mol. The van der Waals surface area contributed by atoms with Gasteiger partial charge in [-0.1, -0.05) is 63.5 Å². The summed E-state index contributed by atoms with van der Waals surface area (Å²) in [6.07, 6.45) is 7.50. The number of rotatable bonds is 10. The highest BCUT2D eigenvalue weighted by Gasteiger charge is 2.27. The van der Waals surface area contributed by atoms with Crippen LogP contribution in [0.15, 0.2) is 47.4 Å². The van der Waals surface area contributed by atoms with E-state index >= 15 is 0 Å². The molecule has 1 unspecified atom stereocenters. The Labute approximate surface area is 162 Å². The minimum absolute atomic E-state index is 0.233. The summed E-state index contributed by atoms with van der Waals surface area (Å²) >= 11 is 5.55. The van der Waals surface area contributed by atoms with Gasteiger partial charge in [-0.15, -0.1) is 0 Å². The average Bonchev–Trinajstić information content (AvgIpc) is 2.66. The van der Waals surface area contributed by atoms with Crippen molar-refractivity contribution in [3.8, 4) is 0 Å². The fourth-order valence-electron chi connectivity index (χ4n) is 2.62. The number of nitrogens with two attached hydrogens (primary N) is 1. The van der Waals surface area contributed by atoms with E-state index in [2.05, 4.69) is 24.3 Å². The summed E-state index contributed by atoms with van der Waals surface area (Å²) in [5.41, 5.74) is 7.15. The predicted molar refractivity (Wildman–Crippen MR) is 113 cm³/mol. The van der Waals surface area contributed by atoms with Crippen molar-refractivity contribution in [3.05, 3.63) is 42.3 Å². The van der Waals surface area contributed by atoms with E-state index in [1.54, 1.807) is 5.01 Å². The van der Waals surface area contributed by atoms with Crippen LogP contribution in [0.3, 0.4) is 0 Å². The lowest BCUT2D eigenvalue weighted by molar-refractivity contribution is 0.197. The van der Waals surface area contributed by atoms with Crippen molar-refractivity contribution in [1.29, 1.82) is 0 Å². The lowest BCUT2D eigenvalue weighted by Crippen LogP contribution is -2.42. The predicted octanol–water partition coefficient (Wildman–Crippen LogP) is 4.16. The molecule has 5 nitrogen and oxygen atoms in total. The van der Waals surface area contributed by atoms with Crippen molar-refractivity contribution < 1.29 is 4.74 Å². The zero-order valence-electron chi connectivity index (χ0n) is 15.8. The maximum atomic E-state index is 6.24. The van der Waals surface area contributed by atoms with Crippen LogP contribution in [0.5, 0.6) is 0 Å². The van der Waals surface area contributed by atoms with Gasteiger partial charge in [-0.3, -0.25) is 0 Å². The number of ether oxygens (including phenoxy) is 1. The van der Waals surface area contributed by atoms with Crippen LogP contribution in [0.2, 0.25) is 0 Å². The lowest BCUT2D eigenvalue weighted by Gasteiger charge is -2.29. The van der Waals surface area contributed by atoms with Crippen LogP contribution < -0.4 is 16.1 Å². The Morgan fingerprint density at radius 1 is 1.19 bits per heavy atom. The summed E-state index contributed by atoms with van der Waals surface area (Å²) in [7, 11) is 0. The van der Waals surface area contributed by atoms with Crippen molar-refractivity contribution >= 4 is 28.7 Å². The summed E-state index contributed by atoms with van der Waals surface area (Å²) in [4.78, 5) is 0.701. The minimum atomic E-state index is -0.233. The van der Waals surface area contributed by atoms with Gasteiger partial charge in [-0.05, 0) is 31.1 Å². The molecular weight excluding hydrogens is 344 g/mol. The van der Waals surface area contributed by atoms with E-state index in [1.807, 2.05) is 36.4 Å². The topological polar surface area (TPSA) is 62.9 Å². The summed E-state index contributed by atoms with van der Waals surface area (Å²) in [6.45, 7) is 5.83. The number of unbranched alkanes of at least 4 members (excludes halogenated alkanes) is 3. The van der Waals surface area contributed by atoms with Crippen molar-refractivity contribution in [3.63, 3.8) is 0 Å². The van der Waals surface area contributed by atoms with Crippen molar-refractivity contribution in [2.24, 2.45) is 16.8 Å².